The van der Waals surface area contributed by atoms with Crippen molar-refractivity contribution in [3.63, 3.8) is 0 Å². The fourth-order valence-electron chi connectivity index (χ4n) is 1.76. The van der Waals surface area contributed by atoms with Gasteiger partial charge in [0.05, 0.1) is 11.0 Å². The minimum atomic E-state index is -3.25. The van der Waals surface area contributed by atoms with Crippen LogP contribution in [-0.4, -0.2) is 51.5 Å². The van der Waals surface area contributed by atoms with Crippen molar-refractivity contribution >= 4 is 19.9 Å². The van der Waals surface area contributed by atoms with Gasteiger partial charge < -0.3 is 0 Å². The van der Waals surface area contributed by atoms with Crippen LogP contribution in [-0.2, 0) is 19.9 Å². The largest absolute Gasteiger partial charge is 0.229 e. The Labute approximate surface area is 97.8 Å². The molecule has 0 bridgehead atoms. The lowest BCUT2D eigenvalue weighted by atomic mass is 10.4. The van der Waals surface area contributed by atoms with E-state index >= 15 is 0 Å². The Hall–Kier alpha value is -0.140. The molecule has 1 heterocycles. The monoisotopic (exact) mass is 269 g/mol. The molecule has 1 atom stereocenters. The summed E-state index contributed by atoms with van der Waals surface area (Å²) in [5.41, 5.74) is 0. The number of hydrogen-bond acceptors (Lipinski definition) is 4. The van der Waals surface area contributed by atoms with Crippen LogP contribution in [0.15, 0.2) is 0 Å². The highest BCUT2D eigenvalue weighted by molar-refractivity contribution is 7.91. The minimum absolute atomic E-state index is 0.125. The summed E-state index contributed by atoms with van der Waals surface area (Å²) in [7, 11) is -6.37. The van der Waals surface area contributed by atoms with Crippen LogP contribution in [0.4, 0.5) is 0 Å². The summed E-state index contributed by atoms with van der Waals surface area (Å²) in [6.07, 6.45) is 3.04. The summed E-state index contributed by atoms with van der Waals surface area (Å²) in [6, 6.07) is 0. The lowest BCUT2D eigenvalue weighted by Gasteiger charge is -2.15. The van der Waals surface area contributed by atoms with Crippen molar-refractivity contribution in [2.45, 2.75) is 31.4 Å². The third-order valence-corrected chi connectivity index (χ3v) is 6.38. The van der Waals surface area contributed by atoms with Crippen LogP contribution in [0.25, 0.3) is 0 Å². The van der Waals surface area contributed by atoms with Crippen molar-refractivity contribution in [3.05, 3.63) is 0 Å². The molecule has 1 aliphatic rings. The number of hydrogen-bond donors (Lipinski definition) is 0. The second kappa shape index (κ2) is 5.01. The lowest BCUT2D eigenvalue weighted by Crippen LogP contribution is -2.33. The fraction of sp³-hybridized carbons (Fsp3) is 1.00. The molecule has 1 aliphatic heterocycles. The van der Waals surface area contributed by atoms with Gasteiger partial charge in [-0.3, -0.25) is 0 Å². The van der Waals surface area contributed by atoms with Crippen LogP contribution < -0.4 is 0 Å². The van der Waals surface area contributed by atoms with Crippen LogP contribution >= 0.6 is 0 Å². The molecule has 7 heteroatoms. The maximum Gasteiger partial charge on any atom is 0.214 e. The highest BCUT2D eigenvalue weighted by atomic mass is 32.2. The lowest BCUT2D eigenvalue weighted by molar-refractivity contribution is 0.475. The van der Waals surface area contributed by atoms with Gasteiger partial charge in [0, 0.05) is 19.3 Å². The van der Waals surface area contributed by atoms with E-state index in [9.17, 15) is 16.8 Å². The van der Waals surface area contributed by atoms with Crippen molar-refractivity contribution in [2.75, 3.05) is 25.1 Å². The van der Waals surface area contributed by atoms with Gasteiger partial charge in [-0.2, -0.15) is 0 Å². The zero-order chi connectivity index (χ0) is 12.4. The van der Waals surface area contributed by atoms with E-state index in [2.05, 4.69) is 0 Å². The van der Waals surface area contributed by atoms with Crippen molar-refractivity contribution in [2.24, 2.45) is 0 Å². The molecule has 0 aromatic carbocycles. The van der Waals surface area contributed by atoms with Gasteiger partial charge in [-0.1, -0.05) is 13.3 Å². The first-order valence-electron chi connectivity index (χ1n) is 5.44. The van der Waals surface area contributed by atoms with E-state index in [1.165, 1.54) is 10.6 Å². The summed E-state index contributed by atoms with van der Waals surface area (Å²) in [5, 5.41) is -0.524. The maximum absolute atomic E-state index is 11.8. The van der Waals surface area contributed by atoms with E-state index in [4.69, 9.17) is 0 Å². The smallest absolute Gasteiger partial charge is 0.214 e. The molecule has 1 rings (SSSR count). The summed E-state index contributed by atoms with van der Waals surface area (Å²) < 4.78 is 47.5. The third kappa shape index (κ3) is 3.43. The Morgan fingerprint density at radius 2 is 1.88 bits per heavy atom. The first-order chi connectivity index (χ1) is 7.27. The predicted molar refractivity (Wildman–Crippen MR) is 63.5 cm³/mol. The first-order valence-corrected chi connectivity index (χ1v) is 9.00. The fourth-order valence-corrected chi connectivity index (χ4v) is 4.54. The molecule has 0 N–H and O–H groups in total. The highest BCUT2D eigenvalue weighted by Gasteiger charge is 2.35. The molecule has 0 aromatic rings. The van der Waals surface area contributed by atoms with Gasteiger partial charge in [0.25, 0.3) is 0 Å². The minimum Gasteiger partial charge on any atom is -0.229 e. The molecule has 0 spiro atoms. The average molecular weight is 269 g/mol. The number of rotatable bonds is 5. The zero-order valence-electron chi connectivity index (χ0n) is 9.72. The van der Waals surface area contributed by atoms with Gasteiger partial charge in [0.2, 0.25) is 10.0 Å². The Morgan fingerprint density at radius 1 is 1.25 bits per heavy atom. The van der Waals surface area contributed by atoms with Gasteiger partial charge >= 0.3 is 0 Å². The molecule has 0 saturated carbocycles. The number of sulfone groups is 1. The van der Waals surface area contributed by atoms with Crippen LogP contribution in [0, 0.1) is 0 Å². The second-order valence-corrected chi connectivity index (χ2v) is 8.68. The van der Waals surface area contributed by atoms with Gasteiger partial charge in [-0.05, 0) is 12.8 Å². The summed E-state index contributed by atoms with van der Waals surface area (Å²) in [6.45, 7) is 2.40. The number of unbranched alkanes of at least 4 members (excludes halogenated alkanes) is 1. The molecule has 0 aliphatic carbocycles. The highest BCUT2D eigenvalue weighted by Crippen LogP contribution is 2.20. The topological polar surface area (TPSA) is 71.5 Å². The van der Waals surface area contributed by atoms with Crippen LogP contribution in [0.3, 0.4) is 0 Å². The van der Waals surface area contributed by atoms with Gasteiger partial charge in [-0.25, -0.2) is 21.1 Å². The molecular formula is C9H19NO4S2. The Bertz CT molecular complexity index is 426. The van der Waals surface area contributed by atoms with Crippen molar-refractivity contribution in [1.29, 1.82) is 0 Å². The average Bonchev–Trinajstić information content (AvgIpc) is 2.63. The van der Waals surface area contributed by atoms with E-state index in [0.717, 1.165) is 6.42 Å². The second-order valence-electron chi connectivity index (χ2n) is 4.27. The van der Waals surface area contributed by atoms with Crippen molar-refractivity contribution < 1.29 is 16.8 Å². The normalized spacial score (nSPS) is 23.8. The van der Waals surface area contributed by atoms with Gasteiger partial charge in [0.1, 0.15) is 0 Å². The summed E-state index contributed by atoms with van der Waals surface area (Å²) >= 11 is 0. The SMILES string of the molecule is CCCCS(=O)(=O)N1CC[C@@H](S(C)(=O)=O)C1. The standard InChI is InChI=1S/C9H19NO4S2/c1-3-4-7-16(13,14)10-6-5-9(8-10)15(2,11)12/h9H,3-8H2,1-2H3/t9-/m1/s1. The summed E-state index contributed by atoms with van der Waals surface area (Å²) in [4.78, 5) is 0. The third-order valence-electron chi connectivity index (χ3n) is 2.86. The van der Waals surface area contributed by atoms with Gasteiger partial charge in [-0.15, -0.1) is 0 Å². The van der Waals surface area contributed by atoms with E-state index < -0.39 is 25.1 Å². The van der Waals surface area contributed by atoms with E-state index in [1.807, 2.05) is 6.92 Å². The Balaban J connectivity index is 2.66. The predicted octanol–water partition coefficient (Wildman–Crippen LogP) is 0.235. The molecular weight excluding hydrogens is 250 g/mol. The summed E-state index contributed by atoms with van der Waals surface area (Å²) in [5.74, 6) is 0.125. The molecule has 96 valence electrons. The van der Waals surface area contributed by atoms with E-state index in [0.29, 0.717) is 19.4 Å². The molecule has 0 unspecified atom stereocenters. The van der Waals surface area contributed by atoms with Crippen molar-refractivity contribution in [1.82, 2.24) is 4.31 Å². The molecule has 0 aromatic heterocycles. The molecule has 5 nitrogen and oxygen atoms in total. The quantitative estimate of drug-likeness (QED) is 0.716. The molecule has 1 fully saturated rings. The molecule has 1 saturated heterocycles. The van der Waals surface area contributed by atoms with Crippen LogP contribution in [0.1, 0.15) is 26.2 Å². The molecule has 16 heavy (non-hydrogen) atoms. The Morgan fingerprint density at radius 3 is 2.31 bits per heavy atom. The Kier molecular flexibility index (Phi) is 4.36. The van der Waals surface area contributed by atoms with E-state index in [-0.39, 0.29) is 12.3 Å². The van der Waals surface area contributed by atoms with Crippen molar-refractivity contribution in [3.8, 4) is 0 Å². The molecule has 0 amide bonds. The zero-order valence-corrected chi connectivity index (χ0v) is 11.3. The number of sulfonamides is 1. The van der Waals surface area contributed by atoms with Crippen LogP contribution in [0.5, 0.6) is 0 Å². The van der Waals surface area contributed by atoms with E-state index in [1.54, 1.807) is 0 Å². The maximum atomic E-state index is 11.8. The van der Waals surface area contributed by atoms with Gasteiger partial charge in [0.15, 0.2) is 9.84 Å². The number of nitrogens with zero attached hydrogens (tertiary/aromatic N) is 1. The van der Waals surface area contributed by atoms with Crippen LogP contribution in [0.2, 0.25) is 0 Å². The first kappa shape index (κ1) is 13.9. The molecule has 0 radical (unpaired) electrons.